The number of azo groups is 1. The number of benzene rings is 2. The van der Waals surface area contributed by atoms with E-state index in [0.717, 1.165) is 44.5 Å². The van der Waals surface area contributed by atoms with Crippen LogP contribution in [0.15, 0.2) is 65.3 Å². The molecule has 0 radical (unpaired) electrons. The van der Waals surface area contributed by atoms with E-state index < -0.39 is 0 Å². The average Bonchev–Trinajstić information content (AvgIpc) is 2.91. The topological polar surface area (TPSA) is 89.7 Å². The molecule has 0 aromatic heterocycles. The molecule has 0 aliphatic heterocycles. The molecule has 202 valence electrons. The molecule has 37 heavy (non-hydrogen) atoms. The van der Waals surface area contributed by atoms with Crippen LogP contribution in [-0.2, 0) is 9.53 Å². The van der Waals surface area contributed by atoms with Gasteiger partial charge in [-0.2, -0.15) is 5.11 Å². The van der Waals surface area contributed by atoms with Gasteiger partial charge in [0.1, 0.15) is 22.9 Å². The Morgan fingerprint density at radius 3 is 1.97 bits per heavy atom. The monoisotopic (exact) mass is 510 g/mol. The number of esters is 1. The van der Waals surface area contributed by atoms with Gasteiger partial charge in [0.15, 0.2) is 0 Å². The summed E-state index contributed by atoms with van der Waals surface area (Å²) in [5.74, 6) is 1.03. The van der Waals surface area contributed by atoms with Crippen molar-refractivity contribution in [3.63, 3.8) is 0 Å². The highest BCUT2D eigenvalue weighted by atomic mass is 16.5. The highest BCUT2D eigenvalue weighted by Gasteiger charge is 2.04. The predicted octanol–water partition coefficient (Wildman–Crippen LogP) is 8.61. The van der Waals surface area contributed by atoms with E-state index in [1.165, 1.54) is 44.6 Å². The smallest absolute Gasteiger partial charge is 0.330 e. The van der Waals surface area contributed by atoms with Gasteiger partial charge < -0.3 is 19.3 Å². The van der Waals surface area contributed by atoms with Gasteiger partial charge in [0.2, 0.25) is 0 Å². The van der Waals surface area contributed by atoms with Crippen LogP contribution < -0.4 is 9.47 Å². The summed E-state index contributed by atoms with van der Waals surface area (Å²) in [5, 5.41) is 18.6. The van der Waals surface area contributed by atoms with Gasteiger partial charge in [-0.3, -0.25) is 0 Å². The number of rotatable bonds is 20. The summed E-state index contributed by atoms with van der Waals surface area (Å²) in [6, 6.07) is 12.5. The molecule has 0 unspecified atom stereocenters. The molecule has 0 amide bonds. The van der Waals surface area contributed by atoms with E-state index in [9.17, 15) is 9.90 Å². The first-order valence-corrected chi connectivity index (χ1v) is 13.5. The summed E-state index contributed by atoms with van der Waals surface area (Å²) in [6.45, 7) is 7.28. The summed E-state index contributed by atoms with van der Waals surface area (Å²) in [6.07, 6.45) is 13.6. The molecule has 0 spiro atoms. The zero-order valence-corrected chi connectivity index (χ0v) is 22.2. The van der Waals surface area contributed by atoms with E-state index >= 15 is 0 Å². The maximum atomic E-state index is 11.0. The average molecular weight is 511 g/mol. The maximum Gasteiger partial charge on any atom is 0.330 e. The summed E-state index contributed by atoms with van der Waals surface area (Å²) >= 11 is 0. The Bertz CT molecular complexity index is 943. The first-order valence-electron chi connectivity index (χ1n) is 13.5. The van der Waals surface area contributed by atoms with Crippen molar-refractivity contribution in [2.75, 3.05) is 19.8 Å². The molecule has 7 nitrogen and oxygen atoms in total. The maximum absolute atomic E-state index is 11.0. The van der Waals surface area contributed by atoms with Crippen molar-refractivity contribution in [2.24, 2.45) is 10.2 Å². The van der Waals surface area contributed by atoms with Gasteiger partial charge in [0.25, 0.3) is 0 Å². The third kappa shape index (κ3) is 13.5. The van der Waals surface area contributed by atoms with E-state index in [1.807, 2.05) is 24.3 Å². The Kier molecular flexibility index (Phi) is 15.2. The fourth-order valence-corrected chi connectivity index (χ4v) is 3.63. The van der Waals surface area contributed by atoms with Crippen LogP contribution in [0.1, 0.15) is 77.6 Å². The Hall–Kier alpha value is -3.35. The SMILES string of the molecule is C=CC(=O)OCCCCCCOc1ccc(N=Nc2ccc(OCCCCCCCCC)cc2)c(O)c1. The molecule has 0 saturated heterocycles. The summed E-state index contributed by atoms with van der Waals surface area (Å²) in [5.41, 5.74) is 1.06. The number of hydrogen-bond donors (Lipinski definition) is 1. The van der Waals surface area contributed by atoms with Crippen molar-refractivity contribution in [1.82, 2.24) is 0 Å². The standard InChI is InChI=1S/C30H42N2O5/c1-3-5-6-7-8-9-12-21-35-26-17-15-25(16-18-26)31-32-28-20-19-27(24-29(28)33)36-22-13-10-11-14-23-37-30(34)4-2/h4,15-20,24,33H,2-3,5-14,21-23H2,1H3. The van der Waals surface area contributed by atoms with Crippen LogP contribution in [0.2, 0.25) is 0 Å². The first-order chi connectivity index (χ1) is 18.1. The number of ether oxygens (including phenoxy) is 3. The van der Waals surface area contributed by atoms with Crippen LogP contribution in [-0.4, -0.2) is 30.9 Å². The van der Waals surface area contributed by atoms with E-state index in [2.05, 4.69) is 23.7 Å². The minimum Gasteiger partial charge on any atom is -0.505 e. The lowest BCUT2D eigenvalue weighted by molar-refractivity contribution is -0.137. The lowest BCUT2D eigenvalue weighted by atomic mass is 10.1. The van der Waals surface area contributed by atoms with Gasteiger partial charge in [-0.05, 0) is 68.5 Å². The molecule has 0 aliphatic carbocycles. The Morgan fingerprint density at radius 2 is 1.35 bits per heavy atom. The second-order valence-corrected chi connectivity index (χ2v) is 8.95. The van der Waals surface area contributed by atoms with Crippen molar-refractivity contribution in [2.45, 2.75) is 77.6 Å². The van der Waals surface area contributed by atoms with Gasteiger partial charge in [0, 0.05) is 12.1 Å². The Balaban J connectivity index is 1.64. The van der Waals surface area contributed by atoms with Gasteiger partial charge in [-0.1, -0.05) is 52.0 Å². The molecule has 0 aliphatic rings. The molecule has 1 N–H and O–H groups in total. The molecule has 0 fully saturated rings. The fourth-order valence-electron chi connectivity index (χ4n) is 3.63. The highest BCUT2D eigenvalue weighted by Crippen LogP contribution is 2.32. The minimum atomic E-state index is -0.386. The molecule has 2 rings (SSSR count). The predicted molar refractivity (Wildman–Crippen MR) is 147 cm³/mol. The van der Waals surface area contributed by atoms with Crippen molar-refractivity contribution in [3.05, 3.63) is 55.1 Å². The zero-order chi connectivity index (χ0) is 26.6. The first kappa shape index (κ1) is 29.9. The van der Waals surface area contributed by atoms with E-state index in [0.29, 0.717) is 30.3 Å². The third-order valence-electron chi connectivity index (χ3n) is 5.79. The van der Waals surface area contributed by atoms with Crippen molar-refractivity contribution < 1.29 is 24.1 Å². The molecule has 7 heteroatoms. The van der Waals surface area contributed by atoms with Crippen molar-refractivity contribution >= 4 is 17.3 Å². The number of nitrogens with zero attached hydrogens (tertiary/aromatic N) is 2. The van der Waals surface area contributed by atoms with Crippen LogP contribution in [0, 0.1) is 0 Å². The molecule has 0 atom stereocenters. The number of aromatic hydroxyl groups is 1. The van der Waals surface area contributed by atoms with Gasteiger partial charge in [-0.25, -0.2) is 4.79 Å². The zero-order valence-electron chi connectivity index (χ0n) is 22.2. The van der Waals surface area contributed by atoms with E-state index in [1.54, 1.807) is 18.2 Å². The van der Waals surface area contributed by atoms with Crippen LogP contribution >= 0.6 is 0 Å². The molecular weight excluding hydrogens is 468 g/mol. The van der Waals surface area contributed by atoms with Crippen LogP contribution in [0.25, 0.3) is 0 Å². The van der Waals surface area contributed by atoms with Crippen LogP contribution in [0.3, 0.4) is 0 Å². The van der Waals surface area contributed by atoms with Crippen molar-refractivity contribution in [1.29, 1.82) is 0 Å². The summed E-state index contributed by atoms with van der Waals surface area (Å²) in [7, 11) is 0. The Morgan fingerprint density at radius 1 is 0.784 bits per heavy atom. The van der Waals surface area contributed by atoms with Crippen LogP contribution in [0.5, 0.6) is 17.2 Å². The summed E-state index contributed by atoms with van der Waals surface area (Å²) < 4.78 is 16.5. The normalized spacial score (nSPS) is 10.9. The number of phenolic OH excluding ortho intramolecular Hbond substituents is 1. The van der Waals surface area contributed by atoms with Crippen molar-refractivity contribution in [3.8, 4) is 17.2 Å². The minimum absolute atomic E-state index is 0.0138. The third-order valence-corrected chi connectivity index (χ3v) is 5.79. The van der Waals surface area contributed by atoms with Gasteiger partial charge >= 0.3 is 5.97 Å². The lowest BCUT2D eigenvalue weighted by Crippen LogP contribution is -2.02. The number of hydrogen-bond acceptors (Lipinski definition) is 7. The second-order valence-electron chi connectivity index (χ2n) is 8.95. The largest absolute Gasteiger partial charge is 0.505 e. The Labute approximate surface area is 221 Å². The second kappa shape index (κ2) is 18.9. The van der Waals surface area contributed by atoms with Gasteiger partial charge in [-0.15, -0.1) is 5.11 Å². The number of unbranched alkanes of at least 4 members (excludes halogenated alkanes) is 9. The number of carbonyl (C=O) groups is 1. The molecule has 2 aromatic rings. The molecular formula is C30H42N2O5. The fraction of sp³-hybridized carbons (Fsp3) is 0.500. The lowest BCUT2D eigenvalue weighted by Gasteiger charge is -2.08. The quantitative estimate of drug-likeness (QED) is 0.0833. The summed E-state index contributed by atoms with van der Waals surface area (Å²) in [4.78, 5) is 11.0. The molecule has 2 aromatic carbocycles. The highest BCUT2D eigenvalue weighted by molar-refractivity contribution is 5.81. The number of carbonyl (C=O) groups excluding carboxylic acids is 1. The molecule has 0 saturated carbocycles. The van der Waals surface area contributed by atoms with Gasteiger partial charge in [0.05, 0.1) is 25.5 Å². The molecule has 0 bridgehead atoms. The number of phenols is 1. The molecule has 0 heterocycles. The van der Waals surface area contributed by atoms with E-state index in [4.69, 9.17) is 14.2 Å². The van der Waals surface area contributed by atoms with E-state index in [-0.39, 0.29) is 11.7 Å². The van der Waals surface area contributed by atoms with Crippen LogP contribution in [0.4, 0.5) is 11.4 Å².